The molecule has 0 bridgehead atoms. The first-order chi connectivity index (χ1) is 7.83. The molecule has 0 aliphatic carbocycles. The average molecular weight is 255 g/mol. The highest BCUT2D eigenvalue weighted by Crippen LogP contribution is 2.29. The first kappa shape index (κ1) is 13.5. The summed E-state index contributed by atoms with van der Waals surface area (Å²) < 4.78 is -0.898. The quantitative estimate of drug-likeness (QED) is 0.646. The topological polar surface area (TPSA) is 80.4 Å². The molecule has 17 heavy (non-hydrogen) atoms. The van der Waals surface area contributed by atoms with Crippen LogP contribution in [0.3, 0.4) is 0 Å². The zero-order valence-corrected chi connectivity index (χ0v) is 10.4. The van der Waals surface area contributed by atoms with Gasteiger partial charge < -0.3 is 5.11 Å². The van der Waals surface area contributed by atoms with Crippen LogP contribution in [0.25, 0.3) is 0 Å². The fraction of sp³-hybridized carbons (Fsp3) is 0.364. The highest BCUT2D eigenvalue weighted by Gasteiger charge is 2.27. The molecule has 0 spiro atoms. The van der Waals surface area contributed by atoms with Gasteiger partial charge >= 0.3 is 5.97 Å². The standard InChI is InChI=1S/C11H13NO4S/c1-11(2,10(13)14)17-7-8-4-3-5-9(6-8)12(15)16/h3-6H,7H2,1-2H3,(H,13,14). The van der Waals surface area contributed by atoms with Gasteiger partial charge in [0.25, 0.3) is 5.69 Å². The number of aliphatic carboxylic acids is 1. The lowest BCUT2D eigenvalue weighted by Gasteiger charge is -2.18. The first-order valence-corrected chi connectivity index (χ1v) is 5.92. The number of hydrogen-bond donors (Lipinski definition) is 1. The minimum absolute atomic E-state index is 0.0243. The van der Waals surface area contributed by atoms with Gasteiger partial charge in [-0.25, -0.2) is 0 Å². The van der Waals surface area contributed by atoms with Crippen LogP contribution >= 0.6 is 11.8 Å². The van der Waals surface area contributed by atoms with Gasteiger partial charge in [0.1, 0.15) is 4.75 Å². The van der Waals surface area contributed by atoms with E-state index in [1.54, 1.807) is 26.0 Å². The van der Waals surface area contributed by atoms with E-state index in [2.05, 4.69) is 0 Å². The van der Waals surface area contributed by atoms with Gasteiger partial charge in [-0.1, -0.05) is 12.1 Å². The van der Waals surface area contributed by atoms with Crippen LogP contribution in [0.1, 0.15) is 19.4 Å². The Kier molecular flexibility index (Phi) is 4.11. The average Bonchev–Trinajstić information content (AvgIpc) is 2.26. The van der Waals surface area contributed by atoms with Crippen molar-refractivity contribution in [2.45, 2.75) is 24.3 Å². The number of hydrogen-bond acceptors (Lipinski definition) is 4. The van der Waals surface area contributed by atoms with E-state index >= 15 is 0 Å². The van der Waals surface area contributed by atoms with Crippen molar-refractivity contribution in [1.29, 1.82) is 0 Å². The summed E-state index contributed by atoms with van der Waals surface area (Å²) in [6.45, 7) is 3.22. The summed E-state index contributed by atoms with van der Waals surface area (Å²) in [4.78, 5) is 21.0. The largest absolute Gasteiger partial charge is 0.480 e. The van der Waals surface area contributed by atoms with E-state index in [1.807, 2.05) is 0 Å². The van der Waals surface area contributed by atoms with E-state index < -0.39 is 15.6 Å². The molecule has 0 fully saturated rings. The molecule has 0 aromatic heterocycles. The monoisotopic (exact) mass is 255 g/mol. The lowest BCUT2D eigenvalue weighted by Crippen LogP contribution is -2.27. The molecule has 1 N–H and O–H groups in total. The van der Waals surface area contributed by atoms with Crippen LogP contribution in [-0.4, -0.2) is 20.7 Å². The van der Waals surface area contributed by atoms with Crippen molar-refractivity contribution in [3.63, 3.8) is 0 Å². The van der Waals surface area contributed by atoms with Gasteiger partial charge in [-0.05, 0) is 19.4 Å². The Hall–Kier alpha value is -1.56. The van der Waals surface area contributed by atoms with Gasteiger partial charge in [0.05, 0.1) is 4.92 Å². The van der Waals surface area contributed by atoms with Crippen molar-refractivity contribution in [1.82, 2.24) is 0 Å². The van der Waals surface area contributed by atoms with Gasteiger partial charge in [-0.15, -0.1) is 11.8 Å². The maximum atomic E-state index is 10.9. The van der Waals surface area contributed by atoms with Gasteiger partial charge in [-0.3, -0.25) is 14.9 Å². The number of nitro groups is 1. The van der Waals surface area contributed by atoms with Crippen LogP contribution in [-0.2, 0) is 10.5 Å². The van der Waals surface area contributed by atoms with Crippen LogP contribution in [0.15, 0.2) is 24.3 Å². The van der Waals surface area contributed by atoms with Gasteiger partial charge in [0.2, 0.25) is 0 Å². The summed E-state index contributed by atoms with van der Waals surface area (Å²) in [6.07, 6.45) is 0. The number of carbonyl (C=O) groups is 1. The summed E-state index contributed by atoms with van der Waals surface area (Å²) in [5.41, 5.74) is 0.773. The van der Waals surface area contributed by atoms with Crippen LogP contribution in [0.5, 0.6) is 0 Å². The predicted molar refractivity (Wildman–Crippen MR) is 66.1 cm³/mol. The summed E-state index contributed by atoms with van der Waals surface area (Å²) in [5.74, 6) is -0.464. The lowest BCUT2D eigenvalue weighted by molar-refractivity contribution is -0.384. The van der Waals surface area contributed by atoms with Crippen LogP contribution in [0.4, 0.5) is 5.69 Å². The van der Waals surface area contributed by atoms with Crippen LogP contribution in [0, 0.1) is 10.1 Å². The van der Waals surface area contributed by atoms with E-state index in [1.165, 1.54) is 23.9 Å². The molecule has 1 aromatic carbocycles. The number of carboxylic acid groups (broad SMARTS) is 1. The Bertz CT molecular complexity index is 445. The molecule has 0 heterocycles. The minimum Gasteiger partial charge on any atom is -0.480 e. The van der Waals surface area contributed by atoms with Gasteiger partial charge in [0.15, 0.2) is 0 Å². The Morgan fingerprint density at radius 2 is 2.18 bits per heavy atom. The summed E-state index contributed by atoms with van der Waals surface area (Å²) >= 11 is 1.24. The first-order valence-electron chi connectivity index (χ1n) is 4.93. The summed E-state index contributed by atoms with van der Waals surface area (Å²) in [6, 6.07) is 6.22. The minimum atomic E-state index is -0.898. The number of thioether (sulfide) groups is 1. The van der Waals surface area contributed by atoms with E-state index in [0.717, 1.165) is 5.56 Å². The summed E-state index contributed by atoms with van der Waals surface area (Å²) in [7, 11) is 0. The van der Waals surface area contributed by atoms with Crippen LogP contribution < -0.4 is 0 Å². The van der Waals surface area contributed by atoms with E-state index in [0.29, 0.717) is 5.75 Å². The molecule has 0 aliphatic heterocycles. The predicted octanol–water partition coefficient (Wildman–Crippen LogP) is 2.69. The second kappa shape index (κ2) is 5.18. The van der Waals surface area contributed by atoms with Crippen molar-refractivity contribution in [2.24, 2.45) is 0 Å². The zero-order valence-electron chi connectivity index (χ0n) is 9.54. The highest BCUT2D eigenvalue weighted by molar-refractivity contribution is 8.00. The van der Waals surface area contributed by atoms with Crippen molar-refractivity contribution in [3.8, 4) is 0 Å². The van der Waals surface area contributed by atoms with Gasteiger partial charge in [0, 0.05) is 17.9 Å². The molecule has 6 heteroatoms. The number of carboxylic acids is 1. The molecule has 0 aliphatic rings. The fourth-order valence-corrected chi connectivity index (χ4v) is 1.92. The fourth-order valence-electron chi connectivity index (χ4n) is 1.09. The number of nitro benzene ring substituents is 1. The smallest absolute Gasteiger partial charge is 0.319 e. The number of benzene rings is 1. The SMILES string of the molecule is CC(C)(SCc1cccc([N+](=O)[O-])c1)C(=O)O. The Morgan fingerprint density at radius 1 is 1.53 bits per heavy atom. The molecule has 0 saturated heterocycles. The second-order valence-electron chi connectivity index (χ2n) is 4.03. The molecule has 0 unspecified atom stereocenters. The van der Waals surface area contributed by atoms with E-state index in [-0.39, 0.29) is 5.69 Å². The zero-order chi connectivity index (χ0) is 13.1. The van der Waals surface area contributed by atoms with E-state index in [4.69, 9.17) is 5.11 Å². The van der Waals surface area contributed by atoms with Crippen molar-refractivity contribution in [2.75, 3.05) is 0 Å². The second-order valence-corrected chi connectivity index (χ2v) is 5.63. The number of non-ortho nitro benzene ring substituents is 1. The Balaban J connectivity index is 2.73. The number of nitrogens with zero attached hydrogens (tertiary/aromatic N) is 1. The molecule has 1 rings (SSSR count). The number of rotatable bonds is 5. The van der Waals surface area contributed by atoms with Crippen LogP contribution in [0.2, 0.25) is 0 Å². The van der Waals surface area contributed by atoms with Crippen molar-refractivity contribution < 1.29 is 14.8 Å². The maximum absolute atomic E-state index is 10.9. The van der Waals surface area contributed by atoms with E-state index in [9.17, 15) is 14.9 Å². The van der Waals surface area contributed by atoms with Crippen molar-refractivity contribution >= 4 is 23.4 Å². The lowest BCUT2D eigenvalue weighted by atomic mass is 10.2. The molecule has 92 valence electrons. The highest BCUT2D eigenvalue weighted by atomic mass is 32.2. The molecule has 1 aromatic rings. The molecule has 0 amide bonds. The third-order valence-electron chi connectivity index (χ3n) is 2.24. The molecular formula is C11H13NO4S. The normalized spacial score (nSPS) is 11.2. The third kappa shape index (κ3) is 3.74. The van der Waals surface area contributed by atoms with Gasteiger partial charge in [-0.2, -0.15) is 0 Å². The maximum Gasteiger partial charge on any atom is 0.319 e. The molecule has 0 saturated carbocycles. The molecular weight excluding hydrogens is 242 g/mol. The Morgan fingerprint density at radius 3 is 2.71 bits per heavy atom. The Labute approximate surface area is 103 Å². The molecule has 5 nitrogen and oxygen atoms in total. The third-order valence-corrected chi connectivity index (χ3v) is 3.61. The molecule has 0 atom stereocenters. The molecule has 0 radical (unpaired) electrons. The van der Waals surface area contributed by atoms with Crippen molar-refractivity contribution in [3.05, 3.63) is 39.9 Å². The summed E-state index contributed by atoms with van der Waals surface area (Å²) in [5, 5.41) is 19.5.